The quantitative estimate of drug-likeness (QED) is 0.540. The molecule has 5 nitrogen and oxygen atoms in total. The zero-order chi connectivity index (χ0) is 19.1. The molecule has 0 atom stereocenters. The van der Waals surface area contributed by atoms with Crippen LogP contribution in [0.3, 0.4) is 0 Å². The Bertz CT molecular complexity index is 552. The lowest BCUT2D eigenvalue weighted by Crippen LogP contribution is -2.47. The van der Waals surface area contributed by atoms with Gasteiger partial charge < -0.3 is 14.4 Å². The van der Waals surface area contributed by atoms with Gasteiger partial charge in [-0.25, -0.2) is 4.79 Å². The molecular formula is C21H34N2O3. The molecule has 1 aliphatic heterocycles. The third kappa shape index (κ3) is 5.71. The predicted molar refractivity (Wildman–Crippen MR) is 105 cm³/mol. The number of likely N-dealkylation sites (N-methyl/N-ethyl adjacent to an activating group) is 1. The van der Waals surface area contributed by atoms with Crippen molar-refractivity contribution in [3.05, 3.63) is 29.3 Å². The first-order chi connectivity index (χ1) is 12.4. The molecule has 1 aromatic carbocycles. The number of carbonyl (C=O) groups is 1. The maximum Gasteiger partial charge on any atom is 0.513 e. The molecule has 26 heavy (non-hydrogen) atoms. The van der Waals surface area contributed by atoms with Crippen LogP contribution in [-0.2, 0) is 4.74 Å². The van der Waals surface area contributed by atoms with Crippen LogP contribution >= 0.6 is 0 Å². The molecule has 0 saturated carbocycles. The molecule has 0 aromatic heterocycles. The summed E-state index contributed by atoms with van der Waals surface area (Å²) in [5.74, 6) is 1.23. The van der Waals surface area contributed by atoms with Crippen LogP contribution in [-0.4, -0.2) is 61.8 Å². The van der Waals surface area contributed by atoms with Crippen molar-refractivity contribution in [2.24, 2.45) is 0 Å². The summed E-state index contributed by atoms with van der Waals surface area (Å²) in [6.45, 7) is 17.1. The van der Waals surface area contributed by atoms with Gasteiger partial charge >= 0.3 is 6.16 Å². The molecule has 2 rings (SSSR count). The van der Waals surface area contributed by atoms with Gasteiger partial charge in [0.05, 0.1) is 0 Å². The van der Waals surface area contributed by atoms with Crippen LogP contribution in [0.5, 0.6) is 5.75 Å². The Morgan fingerprint density at radius 3 is 2.04 bits per heavy atom. The average Bonchev–Trinajstić information content (AvgIpc) is 2.62. The number of para-hydroxylation sites is 1. The molecule has 0 N–H and O–H groups in total. The minimum Gasteiger partial charge on any atom is -0.433 e. The zero-order valence-electron chi connectivity index (χ0n) is 17.0. The van der Waals surface area contributed by atoms with Gasteiger partial charge in [-0.3, -0.25) is 4.90 Å². The lowest BCUT2D eigenvalue weighted by Gasteiger charge is -2.33. The van der Waals surface area contributed by atoms with Crippen molar-refractivity contribution in [3.63, 3.8) is 0 Å². The first kappa shape index (κ1) is 20.7. The Hall–Kier alpha value is -1.59. The van der Waals surface area contributed by atoms with Gasteiger partial charge in [0.2, 0.25) is 0 Å². The fourth-order valence-corrected chi connectivity index (χ4v) is 3.30. The number of hydrogen-bond acceptors (Lipinski definition) is 5. The van der Waals surface area contributed by atoms with Crippen molar-refractivity contribution in [1.82, 2.24) is 9.80 Å². The second-order valence-corrected chi connectivity index (χ2v) is 7.55. The predicted octanol–water partition coefficient (Wildman–Crippen LogP) is 4.09. The number of piperazine rings is 1. The minimum absolute atomic E-state index is 0.284. The lowest BCUT2D eigenvalue weighted by atomic mass is 9.94. The highest BCUT2D eigenvalue weighted by molar-refractivity contribution is 5.66. The molecule has 0 bridgehead atoms. The summed E-state index contributed by atoms with van der Waals surface area (Å²) in [7, 11) is 0. The third-order valence-corrected chi connectivity index (χ3v) is 5.04. The molecule has 1 fully saturated rings. The SMILES string of the molecule is CCN1CCN(CCOC(=O)Oc2c(C(C)C)cccc2C(C)C)CC1. The van der Waals surface area contributed by atoms with E-state index >= 15 is 0 Å². The van der Waals surface area contributed by atoms with Crippen molar-refractivity contribution >= 4 is 6.16 Å². The molecule has 0 radical (unpaired) electrons. The summed E-state index contributed by atoms with van der Waals surface area (Å²) in [5, 5.41) is 0. The number of hydrogen-bond donors (Lipinski definition) is 0. The van der Waals surface area contributed by atoms with E-state index in [2.05, 4.69) is 44.4 Å². The third-order valence-electron chi connectivity index (χ3n) is 5.04. The number of ether oxygens (including phenoxy) is 2. The summed E-state index contributed by atoms with van der Waals surface area (Å²) in [4.78, 5) is 17.0. The molecule has 0 spiro atoms. The normalized spacial score (nSPS) is 16.3. The number of carbonyl (C=O) groups excluding carboxylic acids is 1. The Morgan fingerprint density at radius 2 is 1.54 bits per heavy atom. The Balaban J connectivity index is 1.88. The van der Waals surface area contributed by atoms with E-state index in [0.29, 0.717) is 12.4 Å². The lowest BCUT2D eigenvalue weighted by molar-refractivity contribution is 0.0729. The van der Waals surface area contributed by atoms with Gasteiger partial charge in [-0.05, 0) is 29.5 Å². The van der Waals surface area contributed by atoms with Crippen LogP contribution in [0.4, 0.5) is 4.79 Å². The van der Waals surface area contributed by atoms with Crippen LogP contribution in [0.2, 0.25) is 0 Å². The van der Waals surface area contributed by atoms with Gasteiger partial charge in [0, 0.05) is 32.7 Å². The highest BCUT2D eigenvalue weighted by atomic mass is 16.7. The molecule has 5 heteroatoms. The molecule has 0 unspecified atom stereocenters. The molecular weight excluding hydrogens is 328 g/mol. The zero-order valence-corrected chi connectivity index (χ0v) is 17.0. The van der Waals surface area contributed by atoms with Crippen LogP contribution in [0, 0.1) is 0 Å². The maximum atomic E-state index is 12.2. The van der Waals surface area contributed by atoms with Gasteiger partial charge in [-0.2, -0.15) is 0 Å². The molecule has 0 aliphatic carbocycles. The highest BCUT2D eigenvalue weighted by Crippen LogP contribution is 2.34. The molecule has 1 saturated heterocycles. The Kier molecular flexibility index (Phi) is 7.91. The van der Waals surface area contributed by atoms with E-state index in [4.69, 9.17) is 9.47 Å². The van der Waals surface area contributed by atoms with E-state index in [1.54, 1.807) is 0 Å². The van der Waals surface area contributed by atoms with Crippen LogP contribution < -0.4 is 4.74 Å². The van der Waals surface area contributed by atoms with Crippen molar-refractivity contribution in [2.75, 3.05) is 45.9 Å². The summed E-state index contributed by atoms with van der Waals surface area (Å²) < 4.78 is 11.0. The van der Waals surface area contributed by atoms with Crippen LogP contribution in [0.1, 0.15) is 57.6 Å². The van der Waals surface area contributed by atoms with Crippen molar-refractivity contribution in [3.8, 4) is 5.75 Å². The Labute approximate surface area is 158 Å². The fraction of sp³-hybridized carbons (Fsp3) is 0.667. The fourth-order valence-electron chi connectivity index (χ4n) is 3.30. The number of benzene rings is 1. The van der Waals surface area contributed by atoms with E-state index < -0.39 is 6.16 Å². The smallest absolute Gasteiger partial charge is 0.433 e. The van der Waals surface area contributed by atoms with Crippen LogP contribution in [0.25, 0.3) is 0 Å². The topological polar surface area (TPSA) is 42.0 Å². The summed E-state index contributed by atoms with van der Waals surface area (Å²) in [5.41, 5.74) is 2.09. The van der Waals surface area contributed by atoms with E-state index in [1.807, 2.05) is 18.2 Å². The van der Waals surface area contributed by atoms with Gasteiger partial charge in [-0.1, -0.05) is 52.8 Å². The highest BCUT2D eigenvalue weighted by Gasteiger charge is 2.20. The molecule has 1 aliphatic rings. The number of rotatable bonds is 7. The first-order valence-electron chi connectivity index (χ1n) is 9.84. The summed E-state index contributed by atoms with van der Waals surface area (Å²) in [6.07, 6.45) is -0.604. The van der Waals surface area contributed by atoms with Gasteiger partial charge in [-0.15, -0.1) is 0 Å². The van der Waals surface area contributed by atoms with Crippen molar-refractivity contribution in [1.29, 1.82) is 0 Å². The van der Waals surface area contributed by atoms with Crippen molar-refractivity contribution in [2.45, 2.75) is 46.5 Å². The minimum atomic E-state index is -0.604. The summed E-state index contributed by atoms with van der Waals surface area (Å²) in [6, 6.07) is 6.07. The average molecular weight is 363 g/mol. The Morgan fingerprint density at radius 1 is 1.00 bits per heavy atom. The van der Waals surface area contributed by atoms with E-state index in [0.717, 1.165) is 50.4 Å². The van der Waals surface area contributed by atoms with Gasteiger partial charge in [0.1, 0.15) is 12.4 Å². The number of nitrogens with zero attached hydrogens (tertiary/aromatic N) is 2. The van der Waals surface area contributed by atoms with Crippen molar-refractivity contribution < 1.29 is 14.3 Å². The maximum absolute atomic E-state index is 12.2. The standard InChI is InChI=1S/C21H34N2O3/c1-6-22-10-12-23(13-11-22)14-15-25-21(24)26-20-18(16(2)3)8-7-9-19(20)17(4)5/h7-9,16-17H,6,10-15H2,1-5H3. The summed E-state index contributed by atoms with van der Waals surface area (Å²) >= 11 is 0. The molecule has 1 aromatic rings. The van der Waals surface area contributed by atoms with E-state index in [1.165, 1.54) is 0 Å². The molecule has 146 valence electrons. The monoisotopic (exact) mass is 362 g/mol. The molecule has 1 heterocycles. The second kappa shape index (κ2) is 9.93. The second-order valence-electron chi connectivity index (χ2n) is 7.55. The van der Waals surface area contributed by atoms with E-state index in [-0.39, 0.29) is 11.8 Å². The van der Waals surface area contributed by atoms with Gasteiger partial charge in [0.15, 0.2) is 0 Å². The largest absolute Gasteiger partial charge is 0.513 e. The van der Waals surface area contributed by atoms with Gasteiger partial charge in [0.25, 0.3) is 0 Å². The molecule has 0 amide bonds. The van der Waals surface area contributed by atoms with E-state index in [9.17, 15) is 4.79 Å². The van der Waals surface area contributed by atoms with Crippen LogP contribution in [0.15, 0.2) is 18.2 Å². The first-order valence-corrected chi connectivity index (χ1v) is 9.84.